The second-order valence-corrected chi connectivity index (χ2v) is 3.27. The van der Waals surface area contributed by atoms with E-state index in [9.17, 15) is 19.3 Å². The van der Waals surface area contributed by atoms with Gasteiger partial charge in [-0.15, -0.1) is 6.42 Å². The number of nitrogens with zero attached hydrogens (tertiary/aromatic N) is 1. The van der Waals surface area contributed by atoms with Gasteiger partial charge in [-0.25, -0.2) is 4.39 Å². The van der Waals surface area contributed by atoms with E-state index in [1.165, 1.54) is 0 Å². The second kappa shape index (κ2) is 6.32. The van der Waals surface area contributed by atoms with Crippen molar-refractivity contribution < 1.29 is 14.1 Å². The van der Waals surface area contributed by atoms with Gasteiger partial charge in [0.2, 0.25) is 5.91 Å². The molecule has 0 fully saturated rings. The van der Waals surface area contributed by atoms with Crippen LogP contribution in [0.5, 0.6) is 0 Å². The summed E-state index contributed by atoms with van der Waals surface area (Å²) in [6, 6.07) is 2.90. The SMILES string of the molecule is C#CCNCC(=O)Nc1ccc(F)cc1[N+](=O)[O-]. The van der Waals surface area contributed by atoms with Gasteiger partial charge in [0, 0.05) is 0 Å². The van der Waals surface area contributed by atoms with E-state index in [1.807, 2.05) is 0 Å². The Morgan fingerprint density at radius 3 is 2.89 bits per heavy atom. The molecule has 0 unspecified atom stereocenters. The van der Waals surface area contributed by atoms with E-state index in [2.05, 4.69) is 16.6 Å². The lowest BCUT2D eigenvalue weighted by Crippen LogP contribution is -2.28. The molecule has 18 heavy (non-hydrogen) atoms. The molecule has 7 heteroatoms. The molecular weight excluding hydrogens is 241 g/mol. The number of halogens is 1. The molecule has 0 atom stereocenters. The van der Waals surface area contributed by atoms with Crippen LogP contribution in [0.2, 0.25) is 0 Å². The summed E-state index contributed by atoms with van der Waals surface area (Å²) >= 11 is 0. The lowest BCUT2D eigenvalue weighted by atomic mass is 10.2. The Labute approximate surface area is 102 Å². The summed E-state index contributed by atoms with van der Waals surface area (Å²) in [4.78, 5) is 21.3. The fourth-order valence-electron chi connectivity index (χ4n) is 1.20. The number of hydrogen-bond acceptors (Lipinski definition) is 4. The summed E-state index contributed by atoms with van der Waals surface area (Å²) in [5.41, 5.74) is -0.561. The van der Waals surface area contributed by atoms with E-state index in [0.717, 1.165) is 18.2 Å². The number of amides is 1. The van der Waals surface area contributed by atoms with Crippen molar-refractivity contribution >= 4 is 17.3 Å². The van der Waals surface area contributed by atoms with Crippen molar-refractivity contribution in [3.63, 3.8) is 0 Å². The highest BCUT2D eigenvalue weighted by atomic mass is 19.1. The van der Waals surface area contributed by atoms with Crippen LogP contribution in [0, 0.1) is 28.3 Å². The van der Waals surface area contributed by atoms with Crippen molar-refractivity contribution in [1.29, 1.82) is 0 Å². The van der Waals surface area contributed by atoms with Gasteiger partial charge in [-0.05, 0) is 12.1 Å². The molecule has 0 spiro atoms. The minimum Gasteiger partial charge on any atom is -0.319 e. The van der Waals surface area contributed by atoms with Gasteiger partial charge >= 0.3 is 0 Å². The zero-order chi connectivity index (χ0) is 13.5. The van der Waals surface area contributed by atoms with Gasteiger partial charge in [-0.3, -0.25) is 20.2 Å². The predicted molar refractivity (Wildman–Crippen MR) is 63.4 cm³/mol. The van der Waals surface area contributed by atoms with Crippen LogP contribution < -0.4 is 10.6 Å². The summed E-state index contributed by atoms with van der Waals surface area (Å²) in [6.45, 7) is 0.123. The molecule has 0 bridgehead atoms. The van der Waals surface area contributed by atoms with Crippen molar-refractivity contribution in [3.05, 3.63) is 34.1 Å². The van der Waals surface area contributed by atoms with Crippen molar-refractivity contribution in [1.82, 2.24) is 5.32 Å². The average molecular weight is 251 g/mol. The third-order valence-corrected chi connectivity index (χ3v) is 1.94. The van der Waals surface area contributed by atoms with E-state index in [-0.39, 0.29) is 18.8 Å². The number of nitro groups is 1. The zero-order valence-electron chi connectivity index (χ0n) is 9.27. The fraction of sp³-hybridized carbons (Fsp3) is 0.182. The van der Waals surface area contributed by atoms with Gasteiger partial charge in [0.1, 0.15) is 11.5 Å². The van der Waals surface area contributed by atoms with Crippen molar-refractivity contribution in [2.24, 2.45) is 0 Å². The summed E-state index contributed by atoms with van der Waals surface area (Å²) in [5.74, 6) is 1.03. The van der Waals surface area contributed by atoms with Gasteiger partial charge in [-0.2, -0.15) is 0 Å². The van der Waals surface area contributed by atoms with E-state index < -0.39 is 22.3 Å². The lowest BCUT2D eigenvalue weighted by Gasteiger charge is -2.06. The molecule has 1 amide bonds. The number of terminal acetylenes is 1. The number of rotatable bonds is 5. The first-order chi connectivity index (χ1) is 8.54. The minimum atomic E-state index is -0.770. The molecule has 0 aliphatic rings. The van der Waals surface area contributed by atoms with E-state index in [1.54, 1.807) is 0 Å². The number of benzene rings is 1. The number of nitrogens with one attached hydrogen (secondary N) is 2. The Morgan fingerprint density at radius 2 is 2.28 bits per heavy atom. The van der Waals surface area contributed by atoms with Crippen LogP contribution in [0.3, 0.4) is 0 Å². The summed E-state index contributed by atoms with van der Waals surface area (Å²) in [6.07, 6.45) is 4.97. The first-order valence-corrected chi connectivity index (χ1v) is 4.92. The maximum absolute atomic E-state index is 12.8. The molecule has 1 aromatic carbocycles. The number of anilines is 1. The first-order valence-electron chi connectivity index (χ1n) is 4.92. The minimum absolute atomic E-state index is 0.0612. The molecule has 94 valence electrons. The average Bonchev–Trinajstić information content (AvgIpc) is 2.31. The standard InChI is InChI=1S/C11H10FN3O3/c1-2-5-13-7-11(16)14-9-4-3-8(12)6-10(9)15(17)18/h1,3-4,6,13H,5,7H2,(H,14,16). The molecule has 6 nitrogen and oxygen atoms in total. The van der Waals surface area contributed by atoms with Crippen molar-refractivity contribution in [2.75, 3.05) is 18.4 Å². The van der Waals surface area contributed by atoms with E-state index >= 15 is 0 Å². The highest BCUT2D eigenvalue weighted by Gasteiger charge is 2.16. The predicted octanol–water partition coefficient (Wildman–Crippen LogP) is 0.895. The monoisotopic (exact) mass is 251 g/mol. The number of carbonyl (C=O) groups is 1. The third kappa shape index (κ3) is 3.84. The van der Waals surface area contributed by atoms with Crippen LogP contribution >= 0.6 is 0 Å². The zero-order valence-corrected chi connectivity index (χ0v) is 9.27. The Hall–Kier alpha value is -2.46. The molecule has 0 aliphatic heterocycles. The molecule has 0 aliphatic carbocycles. The fourth-order valence-corrected chi connectivity index (χ4v) is 1.20. The van der Waals surface area contributed by atoms with Crippen LogP contribution in [0.15, 0.2) is 18.2 Å². The second-order valence-electron chi connectivity index (χ2n) is 3.27. The molecular formula is C11H10FN3O3. The molecule has 1 aromatic rings. The number of nitro benzene ring substituents is 1. The highest BCUT2D eigenvalue weighted by molar-refractivity contribution is 5.94. The Kier molecular flexibility index (Phi) is 4.78. The Balaban J connectivity index is 2.75. The van der Waals surface area contributed by atoms with Gasteiger partial charge in [-0.1, -0.05) is 5.92 Å². The molecule has 0 radical (unpaired) electrons. The van der Waals surface area contributed by atoms with Crippen LogP contribution in [0.25, 0.3) is 0 Å². The Bertz CT molecular complexity index is 511. The summed E-state index contributed by atoms with van der Waals surface area (Å²) < 4.78 is 12.8. The van der Waals surface area contributed by atoms with Crippen LogP contribution in [-0.4, -0.2) is 23.9 Å². The van der Waals surface area contributed by atoms with Gasteiger partial charge in [0.05, 0.1) is 24.1 Å². The molecule has 0 aromatic heterocycles. The van der Waals surface area contributed by atoms with Gasteiger partial charge < -0.3 is 5.32 Å². The summed E-state index contributed by atoms with van der Waals surface area (Å²) in [5, 5.41) is 15.6. The largest absolute Gasteiger partial charge is 0.319 e. The smallest absolute Gasteiger partial charge is 0.295 e. The summed E-state index contributed by atoms with van der Waals surface area (Å²) in [7, 11) is 0. The molecule has 1 rings (SSSR count). The normalized spacial score (nSPS) is 9.56. The van der Waals surface area contributed by atoms with E-state index in [4.69, 9.17) is 6.42 Å². The first kappa shape index (κ1) is 13.6. The van der Waals surface area contributed by atoms with Crippen molar-refractivity contribution in [3.8, 4) is 12.3 Å². The maximum atomic E-state index is 12.8. The maximum Gasteiger partial charge on any atom is 0.295 e. The topological polar surface area (TPSA) is 84.3 Å². The molecule has 2 N–H and O–H groups in total. The van der Waals surface area contributed by atoms with Crippen LogP contribution in [0.4, 0.5) is 15.8 Å². The highest BCUT2D eigenvalue weighted by Crippen LogP contribution is 2.24. The quantitative estimate of drug-likeness (QED) is 0.352. The van der Waals surface area contributed by atoms with Gasteiger partial charge in [0.25, 0.3) is 5.69 Å². The lowest BCUT2D eigenvalue weighted by molar-refractivity contribution is -0.384. The van der Waals surface area contributed by atoms with Gasteiger partial charge in [0.15, 0.2) is 0 Å². The van der Waals surface area contributed by atoms with E-state index in [0.29, 0.717) is 0 Å². The third-order valence-electron chi connectivity index (χ3n) is 1.94. The molecule has 0 heterocycles. The van der Waals surface area contributed by atoms with Crippen molar-refractivity contribution in [2.45, 2.75) is 0 Å². The van der Waals surface area contributed by atoms with Crippen LogP contribution in [0.1, 0.15) is 0 Å². The molecule has 0 saturated heterocycles. The number of carbonyl (C=O) groups excluding carboxylic acids is 1. The molecule has 0 saturated carbocycles. The number of hydrogen-bond donors (Lipinski definition) is 2. The van der Waals surface area contributed by atoms with Crippen LogP contribution in [-0.2, 0) is 4.79 Å². The Morgan fingerprint density at radius 1 is 1.56 bits per heavy atom.